The third kappa shape index (κ3) is 7.30. The topological polar surface area (TPSA) is 138 Å². The number of H-pyrrole nitrogens is 1. The summed E-state index contributed by atoms with van der Waals surface area (Å²) in [6, 6.07) is 31.0. The molecule has 5 aromatic rings. The van der Waals surface area contributed by atoms with Crippen LogP contribution in [0.5, 0.6) is 0 Å². The molecular formula is C41H40N6O4. The van der Waals surface area contributed by atoms with E-state index in [9.17, 15) is 19.2 Å². The summed E-state index contributed by atoms with van der Waals surface area (Å²) < 4.78 is 0. The smallest absolute Gasteiger partial charge is 0.247 e. The molecule has 0 aliphatic carbocycles. The Morgan fingerprint density at radius 2 is 1.20 bits per heavy atom. The van der Waals surface area contributed by atoms with Gasteiger partial charge in [0.05, 0.1) is 18.5 Å². The van der Waals surface area contributed by atoms with Crippen LogP contribution in [0.3, 0.4) is 0 Å². The molecule has 2 aliphatic rings. The molecule has 1 aromatic heterocycles. The molecule has 2 fully saturated rings. The van der Waals surface area contributed by atoms with Crippen LogP contribution >= 0.6 is 0 Å². The highest BCUT2D eigenvalue weighted by Gasteiger charge is 2.35. The first-order valence-corrected chi connectivity index (χ1v) is 17.4. The molecule has 0 unspecified atom stereocenters. The standard InChI is InChI=1S/C41H40N6O4/c42-26-33-32-25-31(44-41(51)36-14-8-22-47(36)38(49)24-28-11-5-2-6-12-28)19-20-34(32)45-39(33)29-15-17-30(18-16-29)43-40(50)35-13-7-21-46(35)37(48)23-27-9-3-1-4-10-27/h1-6,9-12,15-20,25-26,35-36,42,45H,7-8,13-14,21-24H2,(H,43,50)(H,44,51)/t35-,36-/m0/s1. The van der Waals surface area contributed by atoms with Gasteiger partial charge in [0.1, 0.15) is 12.1 Å². The molecule has 2 saturated heterocycles. The maximum atomic E-state index is 13.4. The Labute approximate surface area is 296 Å². The summed E-state index contributed by atoms with van der Waals surface area (Å²) in [5.74, 6) is -0.539. The van der Waals surface area contributed by atoms with Gasteiger partial charge in [0, 0.05) is 47.1 Å². The number of hydrogen-bond donors (Lipinski definition) is 4. The van der Waals surface area contributed by atoms with Gasteiger partial charge in [-0.25, -0.2) is 0 Å². The van der Waals surface area contributed by atoms with Crippen molar-refractivity contribution in [3.8, 4) is 11.3 Å². The number of hydrogen-bond acceptors (Lipinski definition) is 5. The van der Waals surface area contributed by atoms with E-state index in [0.29, 0.717) is 42.9 Å². The van der Waals surface area contributed by atoms with Crippen LogP contribution in [0.2, 0.25) is 0 Å². The first-order chi connectivity index (χ1) is 24.9. The van der Waals surface area contributed by atoms with E-state index in [0.717, 1.165) is 46.1 Å². The maximum absolute atomic E-state index is 13.4. The van der Waals surface area contributed by atoms with Crippen molar-refractivity contribution in [1.29, 1.82) is 5.41 Å². The first kappa shape index (κ1) is 33.5. The zero-order valence-corrected chi connectivity index (χ0v) is 28.2. The van der Waals surface area contributed by atoms with E-state index in [1.54, 1.807) is 9.80 Å². The third-order valence-electron chi connectivity index (χ3n) is 9.84. The normalized spacial score (nSPS) is 17.0. The van der Waals surface area contributed by atoms with E-state index in [4.69, 9.17) is 5.41 Å². The molecule has 0 spiro atoms. The Bertz CT molecular complexity index is 2080. The van der Waals surface area contributed by atoms with Crippen LogP contribution in [0.15, 0.2) is 103 Å². The Morgan fingerprint density at radius 3 is 1.73 bits per heavy atom. The number of anilines is 2. The molecule has 4 aromatic carbocycles. The number of aromatic amines is 1. The molecule has 51 heavy (non-hydrogen) atoms. The van der Waals surface area contributed by atoms with Crippen LogP contribution in [0.25, 0.3) is 22.2 Å². The molecule has 3 heterocycles. The van der Waals surface area contributed by atoms with Crippen LogP contribution in [-0.2, 0) is 32.0 Å². The summed E-state index contributed by atoms with van der Waals surface area (Å²) in [5, 5.41) is 15.0. The fraction of sp³-hybridized carbons (Fsp3) is 0.244. The van der Waals surface area contributed by atoms with Crippen LogP contribution in [0.4, 0.5) is 11.4 Å². The van der Waals surface area contributed by atoms with Gasteiger partial charge in [-0.3, -0.25) is 19.2 Å². The molecule has 4 amide bonds. The molecule has 0 saturated carbocycles. The van der Waals surface area contributed by atoms with Crippen molar-refractivity contribution >= 4 is 52.1 Å². The molecular weight excluding hydrogens is 640 g/mol. The maximum Gasteiger partial charge on any atom is 0.247 e. The van der Waals surface area contributed by atoms with Gasteiger partial charge in [0.15, 0.2) is 0 Å². The lowest BCUT2D eigenvalue weighted by Crippen LogP contribution is -2.43. The zero-order chi connectivity index (χ0) is 35.3. The highest BCUT2D eigenvalue weighted by atomic mass is 16.2. The minimum Gasteiger partial charge on any atom is -0.354 e. The van der Waals surface area contributed by atoms with Gasteiger partial charge in [0.25, 0.3) is 0 Å². The molecule has 10 nitrogen and oxygen atoms in total. The quantitative estimate of drug-likeness (QED) is 0.131. The lowest BCUT2D eigenvalue weighted by Gasteiger charge is -2.24. The second-order valence-corrected chi connectivity index (χ2v) is 13.2. The predicted octanol–water partition coefficient (Wildman–Crippen LogP) is 6.18. The molecule has 7 rings (SSSR count). The molecule has 0 bridgehead atoms. The van der Waals surface area contributed by atoms with Crippen LogP contribution in [0, 0.1) is 5.41 Å². The first-order valence-electron chi connectivity index (χ1n) is 17.4. The second-order valence-electron chi connectivity index (χ2n) is 13.2. The monoisotopic (exact) mass is 680 g/mol. The van der Waals surface area contributed by atoms with Gasteiger partial charge < -0.3 is 30.8 Å². The predicted molar refractivity (Wildman–Crippen MR) is 199 cm³/mol. The molecule has 2 aliphatic heterocycles. The summed E-state index contributed by atoms with van der Waals surface area (Å²) in [5.41, 5.74) is 6.09. The summed E-state index contributed by atoms with van der Waals surface area (Å²) >= 11 is 0. The lowest BCUT2D eigenvalue weighted by molar-refractivity contribution is -0.136. The van der Waals surface area contributed by atoms with Gasteiger partial charge in [-0.2, -0.15) is 0 Å². The SMILES string of the molecule is N=Cc1c(-c2ccc(NC(=O)[C@@H]3CCCN3C(=O)Cc3ccccc3)cc2)[nH]c2ccc(NC(=O)[C@@H]3CCCN3C(=O)Cc3ccccc3)cc12. The van der Waals surface area contributed by atoms with Gasteiger partial charge in [0.2, 0.25) is 23.6 Å². The van der Waals surface area contributed by atoms with Crippen molar-refractivity contribution in [3.63, 3.8) is 0 Å². The van der Waals surface area contributed by atoms with Crippen molar-refractivity contribution < 1.29 is 19.2 Å². The third-order valence-corrected chi connectivity index (χ3v) is 9.84. The van der Waals surface area contributed by atoms with Crippen LogP contribution in [0.1, 0.15) is 42.4 Å². The molecule has 10 heteroatoms. The van der Waals surface area contributed by atoms with E-state index in [2.05, 4.69) is 15.6 Å². The number of benzene rings is 4. The number of carbonyl (C=O) groups is 4. The number of carbonyl (C=O) groups excluding carboxylic acids is 4. The van der Waals surface area contributed by atoms with E-state index < -0.39 is 12.1 Å². The average Bonchev–Trinajstić information content (AvgIpc) is 3.92. The number of nitrogens with one attached hydrogen (secondary N) is 4. The second kappa shape index (κ2) is 14.8. The van der Waals surface area contributed by atoms with E-state index in [-0.39, 0.29) is 36.5 Å². The largest absolute Gasteiger partial charge is 0.354 e. The minimum atomic E-state index is -0.536. The fourth-order valence-electron chi connectivity index (χ4n) is 7.26. The Balaban J connectivity index is 1.01. The molecule has 2 atom stereocenters. The molecule has 4 N–H and O–H groups in total. The highest BCUT2D eigenvalue weighted by molar-refractivity contribution is 6.07. The van der Waals surface area contributed by atoms with Crippen LogP contribution < -0.4 is 10.6 Å². The molecule has 0 radical (unpaired) electrons. The van der Waals surface area contributed by atoms with Crippen molar-refractivity contribution in [2.45, 2.75) is 50.6 Å². The summed E-state index contributed by atoms with van der Waals surface area (Å²) in [6.07, 6.45) is 4.59. The number of nitrogens with zero attached hydrogens (tertiary/aromatic N) is 2. The van der Waals surface area contributed by atoms with Crippen molar-refractivity contribution in [2.75, 3.05) is 23.7 Å². The summed E-state index contributed by atoms with van der Waals surface area (Å²) in [6.45, 7) is 1.12. The van der Waals surface area contributed by atoms with Crippen molar-refractivity contribution in [2.24, 2.45) is 0 Å². The number of fused-ring (bicyclic) bond motifs is 1. The van der Waals surface area contributed by atoms with E-state index in [1.165, 1.54) is 6.21 Å². The Morgan fingerprint density at radius 1 is 0.686 bits per heavy atom. The summed E-state index contributed by atoms with van der Waals surface area (Å²) in [7, 11) is 0. The summed E-state index contributed by atoms with van der Waals surface area (Å²) in [4.78, 5) is 59.6. The highest BCUT2D eigenvalue weighted by Crippen LogP contribution is 2.32. The van der Waals surface area contributed by atoms with E-state index in [1.807, 2.05) is 103 Å². The Hall–Kier alpha value is -6.03. The fourth-order valence-corrected chi connectivity index (χ4v) is 7.26. The number of rotatable bonds is 10. The van der Waals surface area contributed by atoms with Gasteiger partial charge in [-0.05, 0) is 72.7 Å². The van der Waals surface area contributed by atoms with Gasteiger partial charge in [-0.15, -0.1) is 0 Å². The lowest BCUT2D eigenvalue weighted by atomic mass is 10.0. The van der Waals surface area contributed by atoms with Gasteiger partial charge in [-0.1, -0.05) is 72.8 Å². The number of aromatic nitrogens is 1. The van der Waals surface area contributed by atoms with Gasteiger partial charge >= 0.3 is 0 Å². The molecule has 258 valence electrons. The number of likely N-dealkylation sites (tertiary alicyclic amines) is 2. The average molecular weight is 681 g/mol. The van der Waals surface area contributed by atoms with Crippen LogP contribution in [-0.4, -0.2) is 69.8 Å². The minimum absolute atomic E-state index is 0.0515. The Kier molecular flexibility index (Phi) is 9.74. The van der Waals surface area contributed by atoms with Crippen molar-refractivity contribution in [3.05, 3.63) is 120 Å². The zero-order valence-electron chi connectivity index (χ0n) is 28.2. The van der Waals surface area contributed by atoms with Crippen molar-refractivity contribution in [1.82, 2.24) is 14.8 Å². The number of amides is 4. The van der Waals surface area contributed by atoms with E-state index >= 15 is 0 Å².